The third-order valence-electron chi connectivity index (χ3n) is 6.39. The summed E-state index contributed by atoms with van der Waals surface area (Å²) >= 11 is 0. The van der Waals surface area contributed by atoms with Gasteiger partial charge in [0.05, 0.1) is 5.41 Å². The quantitative estimate of drug-likeness (QED) is 0.702. The number of nitrogens with one attached hydrogen (secondary N) is 1. The van der Waals surface area contributed by atoms with Crippen molar-refractivity contribution < 1.29 is 4.79 Å². The number of fused-ring (bicyclic) bond motifs is 1. The van der Waals surface area contributed by atoms with E-state index in [2.05, 4.69) is 65.8 Å². The fourth-order valence-electron chi connectivity index (χ4n) is 5.06. The Kier molecular flexibility index (Phi) is 3.48. The zero-order chi connectivity index (χ0) is 18.6. The van der Waals surface area contributed by atoms with Gasteiger partial charge in [-0.15, -0.1) is 0 Å². The van der Waals surface area contributed by atoms with E-state index < -0.39 is 5.41 Å². The zero-order valence-electron chi connectivity index (χ0n) is 15.6. The van der Waals surface area contributed by atoms with Crippen molar-refractivity contribution in [1.29, 1.82) is 0 Å². The molecule has 2 bridgehead atoms. The number of aromatic nitrogens is 1. The summed E-state index contributed by atoms with van der Waals surface area (Å²) in [6, 6.07) is 21.1. The zero-order valence-corrected chi connectivity index (χ0v) is 15.6. The first-order chi connectivity index (χ1) is 13.1. The number of amides is 1. The third-order valence-corrected chi connectivity index (χ3v) is 6.39. The molecule has 3 nitrogen and oxygen atoms in total. The Morgan fingerprint density at radius 1 is 0.963 bits per heavy atom. The van der Waals surface area contributed by atoms with Crippen LogP contribution in [0.1, 0.15) is 53.0 Å². The fraction of sp³-hybridized carbons (Fsp3) is 0.250. The van der Waals surface area contributed by atoms with Crippen molar-refractivity contribution in [2.24, 2.45) is 5.41 Å². The first-order valence-corrected chi connectivity index (χ1v) is 9.50. The topological polar surface area (TPSA) is 42.0 Å². The van der Waals surface area contributed by atoms with E-state index in [1.807, 2.05) is 19.1 Å². The molecule has 0 spiro atoms. The maximum Gasteiger partial charge on any atom is 0.232 e. The lowest BCUT2D eigenvalue weighted by Crippen LogP contribution is -2.47. The normalized spacial score (nSPS) is 24.8. The number of benzene rings is 2. The minimum Gasteiger partial charge on any atom is -0.310 e. The number of pyridine rings is 1. The molecule has 27 heavy (non-hydrogen) atoms. The third kappa shape index (κ3) is 2.27. The van der Waals surface area contributed by atoms with E-state index in [0.717, 1.165) is 12.0 Å². The van der Waals surface area contributed by atoms with Crippen LogP contribution in [0.5, 0.6) is 0 Å². The van der Waals surface area contributed by atoms with Crippen molar-refractivity contribution in [3.63, 3.8) is 0 Å². The molecule has 1 heterocycles. The number of nitrogens with zero attached hydrogens (tertiary/aromatic N) is 1. The molecule has 3 aromatic rings. The van der Waals surface area contributed by atoms with E-state index in [-0.39, 0.29) is 17.7 Å². The van der Waals surface area contributed by atoms with Crippen LogP contribution in [0.3, 0.4) is 0 Å². The number of anilines is 1. The lowest BCUT2D eigenvalue weighted by Gasteiger charge is -2.50. The van der Waals surface area contributed by atoms with Gasteiger partial charge in [-0.05, 0) is 54.2 Å². The molecule has 2 aromatic carbocycles. The predicted molar refractivity (Wildman–Crippen MR) is 107 cm³/mol. The molecule has 1 amide bonds. The Hall–Kier alpha value is -2.94. The summed E-state index contributed by atoms with van der Waals surface area (Å²) in [5, 5.41) is 3.12. The van der Waals surface area contributed by atoms with Crippen LogP contribution in [0.15, 0.2) is 66.9 Å². The smallest absolute Gasteiger partial charge is 0.232 e. The second-order valence-electron chi connectivity index (χ2n) is 7.99. The van der Waals surface area contributed by atoms with Gasteiger partial charge < -0.3 is 5.32 Å². The second kappa shape index (κ2) is 5.78. The molecule has 3 aliphatic carbocycles. The maximum absolute atomic E-state index is 13.5. The first-order valence-electron chi connectivity index (χ1n) is 9.50. The van der Waals surface area contributed by atoms with Gasteiger partial charge >= 0.3 is 0 Å². The summed E-state index contributed by atoms with van der Waals surface area (Å²) in [6.07, 6.45) is 2.55. The number of aryl methyl sites for hydroxylation is 1. The van der Waals surface area contributed by atoms with Crippen molar-refractivity contribution >= 4 is 11.7 Å². The van der Waals surface area contributed by atoms with E-state index in [9.17, 15) is 4.79 Å². The molecule has 3 heteroatoms. The molecule has 0 radical (unpaired) electrons. The Bertz CT molecular complexity index is 1010. The molecule has 0 saturated heterocycles. The molecule has 1 atom stereocenters. The minimum atomic E-state index is -0.503. The summed E-state index contributed by atoms with van der Waals surface area (Å²) in [5.41, 5.74) is 5.82. The van der Waals surface area contributed by atoms with E-state index in [1.54, 1.807) is 6.20 Å². The molecule has 1 unspecified atom stereocenters. The van der Waals surface area contributed by atoms with Gasteiger partial charge in [-0.2, -0.15) is 0 Å². The highest BCUT2D eigenvalue weighted by Crippen LogP contribution is 2.61. The summed E-state index contributed by atoms with van der Waals surface area (Å²) in [4.78, 5) is 17.9. The Labute approximate surface area is 159 Å². The van der Waals surface area contributed by atoms with Gasteiger partial charge in [0.2, 0.25) is 5.91 Å². The highest BCUT2D eigenvalue weighted by Gasteiger charge is 2.53. The Morgan fingerprint density at radius 2 is 1.56 bits per heavy atom. The molecule has 3 aliphatic rings. The molecule has 0 saturated carbocycles. The van der Waals surface area contributed by atoms with Crippen LogP contribution in [0.4, 0.5) is 5.82 Å². The van der Waals surface area contributed by atoms with Crippen LogP contribution in [0.25, 0.3) is 0 Å². The number of rotatable bonds is 2. The summed E-state index contributed by atoms with van der Waals surface area (Å²) < 4.78 is 0. The summed E-state index contributed by atoms with van der Waals surface area (Å²) in [6.45, 7) is 4.09. The Morgan fingerprint density at radius 3 is 2.15 bits per heavy atom. The lowest BCUT2D eigenvalue weighted by atomic mass is 9.52. The van der Waals surface area contributed by atoms with Gasteiger partial charge in [-0.25, -0.2) is 4.98 Å². The van der Waals surface area contributed by atoms with Gasteiger partial charge in [-0.1, -0.05) is 54.6 Å². The molecule has 0 fully saturated rings. The van der Waals surface area contributed by atoms with Crippen LogP contribution in [-0.2, 0) is 4.79 Å². The van der Waals surface area contributed by atoms with E-state index >= 15 is 0 Å². The lowest BCUT2D eigenvalue weighted by molar-refractivity contribution is -0.126. The van der Waals surface area contributed by atoms with Crippen molar-refractivity contribution in [2.45, 2.75) is 32.1 Å². The van der Waals surface area contributed by atoms with Gasteiger partial charge in [0, 0.05) is 18.0 Å². The first kappa shape index (κ1) is 16.2. The molecule has 1 aromatic heterocycles. The highest BCUT2D eigenvalue weighted by atomic mass is 16.2. The van der Waals surface area contributed by atoms with E-state index in [0.29, 0.717) is 5.82 Å². The van der Waals surface area contributed by atoms with Crippen LogP contribution in [-0.4, -0.2) is 10.9 Å². The SMILES string of the molecule is Cc1cccnc1NC(=O)C1(C)CC2c3ccccc3C1c1ccccc12. The van der Waals surface area contributed by atoms with Crippen LogP contribution >= 0.6 is 0 Å². The number of hydrogen-bond acceptors (Lipinski definition) is 2. The van der Waals surface area contributed by atoms with Crippen molar-refractivity contribution in [3.05, 3.63) is 94.7 Å². The standard InChI is InChI=1S/C24H22N2O/c1-15-8-7-13-25-22(15)26-23(27)24(2)14-20-16-9-3-5-11-18(16)21(24)19-12-6-4-10-17(19)20/h3-13,20-21H,14H2,1-2H3,(H,25,26,27). The minimum absolute atomic E-state index is 0.0586. The Balaban J connectivity index is 1.62. The van der Waals surface area contributed by atoms with Gasteiger partial charge in [-0.3, -0.25) is 4.79 Å². The fourth-order valence-corrected chi connectivity index (χ4v) is 5.06. The average molecular weight is 354 g/mol. The van der Waals surface area contributed by atoms with Gasteiger partial charge in [0.25, 0.3) is 0 Å². The van der Waals surface area contributed by atoms with Crippen molar-refractivity contribution in [2.75, 3.05) is 5.32 Å². The summed E-state index contributed by atoms with van der Waals surface area (Å²) in [5.74, 6) is 1.05. The molecular formula is C24H22N2O. The van der Waals surface area contributed by atoms with Crippen LogP contribution in [0, 0.1) is 12.3 Å². The molecule has 6 rings (SSSR count). The van der Waals surface area contributed by atoms with E-state index in [1.165, 1.54) is 22.3 Å². The van der Waals surface area contributed by atoms with Crippen molar-refractivity contribution in [3.8, 4) is 0 Å². The highest BCUT2D eigenvalue weighted by molar-refractivity contribution is 5.97. The molecule has 0 aliphatic heterocycles. The average Bonchev–Trinajstić information content (AvgIpc) is 2.70. The molecule has 134 valence electrons. The monoisotopic (exact) mass is 354 g/mol. The largest absolute Gasteiger partial charge is 0.310 e. The number of carbonyl (C=O) groups is 1. The second-order valence-corrected chi connectivity index (χ2v) is 7.99. The number of carbonyl (C=O) groups excluding carboxylic acids is 1. The summed E-state index contributed by atoms with van der Waals surface area (Å²) in [7, 11) is 0. The number of hydrogen-bond donors (Lipinski definition) is 1. The van der Waals surface area contributed by atoms with Crippen LogP contribution in [0.2, 0.25) is 0 Å². The maximum atomic E-state index is 13.5. The van der Waals surface area contributed by atoms with Gasteiger partial charge in [0.15, 0.2) is 0 Å². The molecular weight excluding hydrogens is 332 g/mol. The molecule has 1 N–H and O–H groups in total. The van der Waals surface area contributed by atoms with E-state index in [4.69, 9.17) is 0 Å². The van der Waals surface area contributed by atoms with Gasteiger partial charge in [0.1, 0.15) is 5.82 Å². The predicted octanol–water partition coefficient (Wildman–Crippen LogP) is 5.02. The van der Waals surface area contributed by atoms with Crippen molar-refractivity contribution in [1.82, 2.24) is 4.98 Å². The van der Waals surface area contributed by atoms with Crippen LogP contribution < -0.4 is 5.32 Å².